The summed E-state index contributed by atoms with van der Waals surface area (Å²) >= 11 is 0. The summed E-state index contributed by atoms with van der Waals surface area (Å²) in [6.45, 7) is 8.53. The lowest BCUT2D eigenvalue weighted by molar-refractivity contribution is -0.0666. The van der Waals surface area contributed by atoms with Gasteiger partial charge >= 0.3 is 6.09 Å². The summed E-state index contributed by atoms with van der Waals surface area (Å²) in [5.74, 6) is 0.288. The number of fused-ring (bicyclic) bond motifs is 3. The van der Waals surface area contributed by atoms with Gasteiger partial charge < -0.3 is 4.74 Å². The Labute approximate surface area is 125 Å². The zero-order valence-corrected chi connectivity index (χ0v) is 13.2. The van der Waals surface area contributed by atoms with E-state index < -0.39 is 5.60 Å². The minimum Gasteiger partial charge on any atom is -0.441 e. The van der Waals surface area contributed by atoms with Crippen molar-refractivity contribution in [1.29, 1.82) is 0 Å². The summed E-state index contributed by atoms with van der Waals surface area (Å²) in [6, 6.07) is 0.310. The van der Waals surface area contributed by atoms with Crippen LogP contribution < -0.4 is 0 Å². The van der Waals surface area contributed by atoms with Gasteiger partial charge in [-0.1, -0.05) is 18.2 Å². The lowest BCUT2D eigenvalue weighted by atomic mass is 9.85. The maximum atomic E-state index is 12.5. The fourth-order valence-corrected chi connectivity index (χ4v) is 3.20. The number of nitrogens with zero attached hydrogens (tertiary/aromatic N) is 3. The third kappa shape index (κ3) is 2.62. The molecule has 2 unspecified atom stereocenters. The van der Waals surface area contributed by atoms with E-state index in [4.69, 9.17) is 4.74 Å². The fourth-order valence-electron chi connectivity index (χ4n) is 3.20. The van der Waals surface area contributed by atoms with Crippen molar-refractivity contribution < 1.29 is 9.53 Å². The van der Waals surface area contributed by atoms with Gasteiger partial charge in [0.15, 0.2) is 0 Å². The molecule has 0 radical (unpaired) electrons. The predicted molar refractivity (Wildman–Crippen MR) is 81.6 cm³/mol. The molecule has 3 rings (SSSR count). The Balaban J connectivity index is 1.93. The average Bonchev–Trinajstić information content (AvgIpc) is 2.85. The monoisotopic (exact) mass is 289 g/mol. The first-order chi connectivity index (χ1) is 9.87. The van der Waals surface area contributed by atoms with Crippen LogP contribution in [0.2, 0.25) is 0 Å². The van der Waals surface area contributed by atoms with Crippen molar-refractivity contribution in [1.82, 2.24) is 10.1 Å². The lowest BCUT2D eigenvalue weighted by Gasteiger charge is -2.41. The number of rotatable bonds is 0. The van der Waals surface area contributed by atoms with Crippen molar-refractivity contribution >= 4 is 11.8 Å². The first kappa shape index (κ1) is 14.3. The average molecular weight is 289 g/mol. The van der Waals surface area contributed by atoms with E-state index in [0.29, 0.717) is 6.04 Å². The van der Waals surface area contributed by atoms with Gasteiger partial charge in [-0.25, -0.2) is 4.79 Å². The minimum absolute atomic E-state index is 0.288. The molecule has 0 aromatic heterocycles. The van der Waals surface area contributed by atoms with Crippen molar-refractivity contribution in [2.24, 2.45) is 11.0 Å². The molecule has 1 fully saturated rings. The van der Waals surface area contributed by atoms with Gasteiger partial charge in [-0.05, 0) is 46.1 Å². The number of ether oxygens (including phenoxy) is 1. The van der Waals surface area contributed by atoms with E-state index in [2.05, 4.69) is 22.3 Å². The first-order valence-electron chi connectivity index (χ1n) is 7.60. The van der Waals surface area contributed by atoms with Crippen LogP contribution in [-0.4, -0.2) is 40.1 Å². The second kappa shape index (κ2) is 4.98. The van der Waals surface area contributed by atoms with Gasteiger partial charge in [0, 0.05) is 18.5 Å². The van der Waals surface area contributed by atoms with Crippen molar-refractivity contribution in [2.75, 3.05) is 6.54 Å². The third-order valence-corrected chi connectivity index (χ3v) is 4.07. The number of carbonyl (C=O) groups is 1. The number of hydrazine groups is 1. The topological polar surface area (TPSA) is 45.1 Å². The molecular weight excluding hydrogens is 266 g/mol. The molecule has 1 aliphatic carbocycles. The van der Waals surface area contributed by atoms with Crippen molar-refractivity contribution in [3.05, 3.63) is 23.8 Å². The van der Waals surface area contributed by atoms with Crippen LogP contribution in [0.3, 0.4) is 0 Å². The Morgan fingerprint density at radius 3 is 2.90 bits per heavy atom. The molecule has 2 aliphatic heterocycles. The highest BCUT2D eigenvalue weighted by molar-refractivity contribution is 6.04. The van der Waals surface area contributed by atoms with E-state index in [1.54, 1.807) is 0 Å². The molecule has 2 atom stereocenters. The Hall–Kier alpha value is -1.62. The summed E-state index contributed by atoms with van der Waals surface area (Å²) in [4.78, 5) is 12.5. The molecule has 0 saturated carbocycles. The molecule has 1 saturated heterocycles. The van der Waals surface area contributed by atoms with Crippen LogP contribution in [0.25, 0.3) is 0 Å². The van der Waals surface area contributed by atoms with Gasteiger partial charge in [-0.2, -0.15) is 10.1 Å². The lowest BCUT2D eigenvalue weighted by Crippen LogP contribution is -2.55. The van der Waals surface area contributed by atoms with Crippen molar-refractivity contribution in [3.63, 3.8) is 0 Å². The normalized spacial score (nSPS) is 28.7. The van der Waals surface area contributed by atoms with Gasteiger partial charge in [0.2, 0.25) is 0 Å². The van der Waals surface area contributed by atoms with E-state index in [9.17, 15) is 4.79 Å². The molecule has 5 heteroatoms. The number of hydrogen-bond acceptors (Lipinski definition) is 4. The zero-order valence-electron chi connectivity index (χ0n) is 13.2. The Morgan fingerprint density at radius 1 is 1.43 bits per heavy atom. The van der Waals surface area contributed by atoms with Gasteiger partial charge in [0.25, 0.3) is 0 Å². The molecule has 3 aliphatic rings. The van der Waals surface area contributed by atoms with Crippen molar-refractivity contribution in [2.45, 2.75) is 52.2 Å². The summed E-state index contributed by atoms with van der Waals surface area (Å²) in [6.07, 6.45) is 8.12. The smallest absolute Gasteiger partial charge is 0.441 e. The van der Waals surface area contributed by atoms with Gasteiger partial charge in [-0.3, -0.25) is 0 Å². The highest BCUT2D eigenvalue weighted by atomic mass is 16.6. The molecule has 21 heavy (non-hydrogen) atoms. The zero-order chi connectivity index (χ0) is 15.2. The molecule has 5 nitrogen and oxygen atoms in total. The van der Waals surface area contributed by atoms with E-state index in [-0.39, 0.29) is 12.0 Å². The molecule has 114 valence electrons. The summed E-state index contributed by atoms with van der Waals surface area (Å²) < 4.78 is 5.50. The molecule has 0 spiro atoms. The van der Waals surface area contributed by atoms with E-state index in [0.717, 1.165) is 30.7 Å². The van der Waals surface area contributed by atoms with Crippen LogP contribution in [0.15, 0.2) is 28.9 Å². The summed E-state index contributed by atoms with van der Waals surface area (Å²) in [7, 11) is 0. The SMILES string of the molecule is CC1=CC=CC2C1=NN(C(=O)OC(C)(C)C)N1CCCC21. The Morgan fingerprint density at radius 2 is 2.19 bits per heavy atom. The standard InChI is InChI=1S/C16H23N3O2/c1-11-7-5-8-12-13-9-6-10-18(13)19(17-14(11)12)15(20)21-16(2,3)4/h5,7-8,12-13H,6,9-10H2,1-4H3. The highest BCUT2D eigenvalue weighted by Gasteiger charge is 2.44. The largest absolute Gasteiger partial charge is 0.446 e. The van der Waals surface area contributed by atoms with E-state index >= 15 is 0 Å². The molecule has 0 bridgehead atoms. The summed E-state index contributed by atoms with van der Waals surface area (Å²) in [5.41, 5.74) is 1.61. The predicted octanol–water partition coefficient (Wildman–Crippen LogP) is 3.10. The number of carbonyl (C=O) groups excluding carboxylic acids is 1. The van der Waals surface area contributed by atoms with Crippen LogP contribution >= 0.6 is 0 Å². The number of hydrogen-bond donors (Lipinski definition) is 0. The van der Waals surface area contributed by atoms with Crippen LogP contribution in [0.4, 0.5) is 4.79 Å². The number of allylic oxidation sites excluding steroid dienone is 3. The van der Waals surface area contributed by atoms with Gasteiger partial charge in [0.05, 0.1) is 5.71 Å². The second-order valence-corrected chi connectivity index (χ2v) is 6.89. The highest BCUT2D eigenvalue weighted by Crippen LogP contribution is 2.35. The first-order valence-corrected chi connectivity index (χ1v) is 7.60. The van der Waals surface area contributed by atoms with Crippen LogP contribution in [-0.2, 0) is 4.74 Å². The van der Waals surface area contributed by atoms with Crippen LogP contribution in [0, 0.1) is 5.92 Å². The van der Waals surface area contributed by atoms with Gasteiger partial charge in [0.1, 0.15) is 5.60 Å². The van der Waals surface area contributed by atoms with E-state index in [1.807, 2.05) is 33.8 Å². The van der Waals surface area contributed by atoms with Crippen LogP contribution in [0.5, 0.6) is 0 Å². The Bertz CT molecular complexity index is 542. The number of amides is 1. The molecular formula is C16H23N3O2. The van der Waals surface area contributed by atoms with E-state index in [1.165, 1.54) is 5.12 Å². The summed E-state index contributed by atoms with van der Waals surface area (Å²) in [5, 5.41) is 8.10. The molecule has 1 amide bonds. The molecule has 0 N–H and O–H groups in total. The third-order valence-electron chi connectivity index (χ3n) is 4.07. The van der Waals surface area contributed by atoms with Crippen molar-refractivity contribution in [3.8, 4) is 0 Å². The second-order valence-electron chi connectivity index (χ2n) is 6.89. The maximum absolute atomic E-state index is 12.5. The fraction of sp³-hybridized carbons (Fsp3) is 0.625. The number of hydrazone groups is 1. The van der Waals surface area contributed by atoms with Gasteiger partial charge in [-0.15, -0.1) is 5.12 Å². The maximum Gasteiger partial charge on any atom is 0.446 e. The van der Waals surface area contributed by atoms with Crippen LogP contribution in [0.1, 0.15) is 40.5 Å². The minimum atomic E-state index is -0.513. The molecule has 0 aromatic carbocycles. The Kier molecular flexibility index (Phi) is 3.40. The molecule has 2 heterocycles. The molecule has 0 aromatic rings. The quantitative estimate of drug-likeness (QED) is 0.688.